The Morgan fingerprint density at radius 1 is 1.50 bits per heavy atom. The molecule has 1 radical (unpaired) electrons. The fourth-order valence-corrected chi connectivity index (χ4v) is 1.58. The number of carbonyl (C=O) groups excluding carboxylic acids is 1. The van der Waals surface area contributed by atoms with E-state index >= 15 is 0 Å². The molecule has 1 heterocycles. The Bertz CT molecular complexity index is 132. The first kappa shape index (κ1) is 4.36. The van der Waals surface area contributed by atoms with Gasteiger partial charge in [0.05, 0.1) is 6.04 Å². The summed E-state index contributed by atoms with van der Waals surface area (Å²) in [6, 6.07) is 0.424. The Kier molecular flexibility index (Phi) is 0.678. The van der Waals surface area contributed by atoms with Crippen LogP contribution in [0.1, 0.15) is 19.3 Å². The maximum atomic E-state index is 10.7. The highest BCUT2D eigenvalue weighted by atomic mass is 16.2. The van der Waals surface area contributed by atoms with Crippen LogP contribution in [-0.4, -0.2) is 11.9 Å². The maximum absolute atomic E-state index is 10.7. The van der Waals surface area contributed by atoms with Crippen LogP contribution in [0.25, 0.3) is 0 Å². The van der Waals surface area contributed by atoms with Crippen LogP contribution < -0.4 is 5.32 Å². The molecule has 0 aromatic carbocycles. The van der Waals surface area contributed by atoms with Gasteiger partial charge in [0.15, 0.2) is 0 Å². The third kappa shape index (κ3) is 0.403. The number of amides is 1. The van der Waals surface area contributed by atoms with Crippen molar-refractivity contribution in [3.05, 3.63) is 0 Å². The van der Waals surface area contributed by atoms with Gasteiger partial charge in [0, 0.05) is 5.92 Å². The monoisotopic (exact) mass is 110 g/mol. The minimum Gasteiger partial charge on any atom is -0.273 e. The molecule has 2 atom stereocenters. The van der Waals surface area contributed by atoms with Gasteiger partial charge in [-0.3, -0.25) is 4.79 Å². The van der Waals surface area contributed by atoms with Gasteiger partial charge >= 0.3 is 0 Å². The van der Waals surface area contributed by atoms with Gasteiger partial charge in [0.25, 0.3) is 0 Å². The Morgan fingerprint density at radius 3 is 2.62 bits per heavy atom. The summed E-state index contributed by atoms with van der Waals surface area (Å²) in [5.41, 5.74) is 0. The van der Waals surface area contributed by atoms with Crippen molar-refractivity contribution in [2.75, 3.05) is 0 Å². The fourth-order valence-electron chi connectivity index (χ4n) is 1.58. The Hall–Kier alpha value is -0.530. The lowest BCUT2D eigenvalue weighted by Crippen LogP contribution is -2.22. The second-order valence-electron chi connectivity index (χ2n) is 2.63. The molecule has 1 aliphatic carbocycles. The normalized spacial score (nSPS) is 42.8. The minimum absolute atomic E-state index is 0.168. The van der Waals surface area contributed by atoms with Gasteiger partial charge < -0.3 is 0 Å². The molecule has 2 rings (SSSR count). The summed E-state index contributed by atoms with van der Waals surface area (Å²) in [7, 11) is 0. The number of fused-ring (bicyclic) bond motifs is 2. The van der Waals surface area contributed by atoms with Crippen LogP contribution in [-0.2, 0) is 4.79 Å². The first-order valence-corrected chi connectivity index (χ1v) is 3.11. The van der Waals surface area contributed by atoms with E-state index in [2.05, 4.69) is 5.32 Å². The highest BCUT2D eigenvalue weighted by molar-refractivity contribution is 5.81. The Morgan fingerprint density at radius 2 is 2.38 bits per heavy atom. The van der Waals surface area contributed by atoms with Crippen LogP contribution in [0.5, 0.6) is 0 Å². The lowest BCUT2D eigenvalue weighted by atomic mass is 10.1. The van der Waals surface area contributed by atoms with E-state index in [4.69, 9.17) is 0 Å². The van der Waals surface area contributed by atoms with Crippen molar-refractivity contribution in [1.82, 2.24) is 5.32 Å². The second-order valence-corrected chi connectivity index (χ2v) is 2.63. The molecule has 0 aromatic heterocycles. The molecular weight excluding hydrogens is 102 g/mol. The number of hydrogen-bond donors (Lipinski definition) is 0. The van der Waals surface area contributed by atoms with Gasteiger partial charge in [-0.25, -0.2) is 5.32 Å². The van der Waals surface area contributed by atoms with Crippen LogP contribution >= 0.6 is 0 Å². The first-order chi connectivity index (χ1) is 3.86. The van der Waals surface area contributed by atoms with Gasteiger partial charge in [-0.15, -0.1) is 0 Å². The van der Waals surface area contributed by atoms with Crippen molar-refractivity contribution in [3.63, 3.8) is 0 Å². The van der Waals surface area contributed by atoms with E-state index < -0.39 is 0 Å². The summed E-state index contributed by atoms with van der Waals surface area (Å²) in [6.07, 6.45) is 3.32. The quantitative estimate of drug-likeness (QED) is 0.441. The molecule has 0 spiro atoms. The third-order valence-electron chi connectivity index (χ3n) is 2.06. The van der Waals surface area contributed by atoms with Gasteiger partial charge in [-0.05, 0) is 19.3 Å². The van der Waals surface area contributed by atoms with Gasteiger partial charge in [0.2, 0.25) is 5.91 Å². The molecular formula is C6H8NO. The van der Waals surface area contributed by atoms with E-state index in [1.165, 1.54) is 0 Å². The molecule has 2 bridgehead atoms. The predicted molar refractivity (Wildman–Crippen MR) is 28.3 cm³/mol. The highest BCUT2D eigenvalue weighted by Gasteiger charge is 2.39. The van der Waals surface area contributed by atoms with Crippen molar-refractivity contribution >= 4 is 5.91 Å². The van der Waals surface area contributed by atoms with E-state index in [1.54, 1.807) is 0 Å². The smallest absolute Gasteiger partial charge is 0.244 e. The molecule has 1 amide bonds. The van der Waals surface area contributed by atoms with Crippen LogP contribution in [0.4, 0.5) is 0 Å². The van der Waals surface area contributed by atoms with Gasteiger partial charge in [-0.2, -0.15) is 0 Å². The summed E-state index contributed by atoms with van der Waals surface area (Å²) in [5, 5.41) is 3.92. The van der Waals surface area contributed by atoms with Crippen molar-refractivity contribution in [2.45, 2.75) is 25.3 Å². The lowest BCUT2D eigenvalue weighted by molar-refractivity contribution is -0.123. The number of piperidine rings is 1. The third-order valence-corrected chi connectivity index (χ3v) is 2.06. The number of hydrogen-bond acceptors (Lipinski definition) is 1. The number of nitrogens with zero attached hydrogens (tertiary/aromatic N) is 1. The van der Waals surface area contributed by atoms with Crippen molar-refractivity contribution in [1.29, 1.82) is 0 Å². The zero-order chi connectivity index (χ0) is 5.56. The van der Waals surface area contributed by atoms with E-state index in [-0.39, 0.29) is 5.91 Å². The highest BCUT2D eigenvalue weighted by Crippen LogP contribution is 2.32. The molecule has 43 valence electrons. The van der Waals surface area contributed by atoms with E-state index in [1.807, 2.05) is 0 Å². The lowest BCUT2D eigenvalue weighted by Gasteiger charge is -2.05. The molecule has 2 heteroatoms. The van der Waals surface area contributed by atoms with Crippen molar-refractivity contribution in [2.24, 2.45) is 5.92 Å². The van der Waals surface area contributed by atoms with Crippen molar-refractivity contribution in [3.8, 4) is 0 Å². The summed E-state index contributed by atoms with van der Waals surface area (Å²) in [6.45, 7) is 0. The van der Waals surface area contributed by atoms with Crippen LogP contribution in [0.3, 0.4) is 0 Å². The molecule has 1 saturated heterocycles. The predicted octanol–water partition coefficient (Wildman–Crippen LogP) is 0.300. The summed E-state index contributed by atoms with van der Waals surface area (Å²) >= 11 is 0. The number of carbonyl (C=O) groups is 1. The van der Waals surface area contributed by atoms with E-state index in [0.29, 0.717) is 12.0 Å². The summed E-state index contributed by atoms with van der Waals surface area (Å²) < 4.78 is 0. The minimum atomic E-state index is 0.168. The molecule has 0 N–H and O–H groups in total. The molecule has 2 unspecified atom stereocenters. The molecule has 1 aliphatic heterocycles. The SMILES string of the molecule is O=C1[N]C2CCC1C2. The Labute approximate surface area is 48.3 Å². The van der Waals surface area contributed by atoms with Gasteiger partial charge in [0.1, 0.15) is 0 Å². The average Bonchev–Trinajstić information content (AvgIpc) is 2.23. The van der Waals surface area contributed by atoms with Crippen LogP contribution in [0, 0.1) is 5.92 Å². The molecule has 0 aromatic rings. The van der Waals surface area contributed by atoms with Crippen LogP contribution in [0.2, 0.25) is 0 Å². The van der Waals surface area contributed by atoms with Gasteiger partial charge in [-0.1, -0.05) is 0 Å². The molecule has 2 nitrogen and oxygen atoms in total. The number of rotatable bonds is 0. The summed E-state index contributed by atoms with van der Waals surface area (Å²) in [4.78, 5) is 10.7. The zero-order valence-corrected chi connectivity index (χ0v) is 4.63. The van der Waals surface area contributed by atoms with E-state index in [0.717, 1.165) is 19.3 Å². The molecule has 1 saturated carbocycles. The molecule has 2 aliphatic rings. The van der Waals surface area contributed by atoms with Crippen LogP contribution in [0.15, 0.2) is 0 Å². The average molecular weight is 110 g/mol. The van der Waals surface area contributed by atoms with Crippen molar-refractivity contribution < 1.29 is 4.79 Å². The fraction of sp³-hybridized carbons (Fsp3) is 0.833. The Balaban J connectivity index is 2.22. The topological polar surface area (TPSA) is 31.2 Å². The zero-order valence-electron chi connectivity index (χ0n) is 4.63. The standard InChI is InChI=1S/C6H8NO/c8-6-4-1-2-5(3-4)7-6/h4-5H,1-3H2. The maximum Gasteiger partial charge on any atom is 0.244 e. The first-order valence-electron chi connectivity index (χ1n) is 3.11. The second kappa shape index (κ2) is 1.24. The molecule has 2 fully saturated rings. The summed E-state index contributed by atoms with van der Waals surface area (Å²) in [5.74, 6) is 0.501. The molecule has 8 heavy (non-hydrogen) atoms. The van der Waals surface area contributed by atoms with E-state index in [9.17, 15) is 4.79 Å². The largest absolute Gasteiger partial charge is 0.273 e.